The lowest BCUT2D eigenvalue weighted by atomic mass is 10.1. The number of aryl methyl sites for hydroxylation is 2. The molecular weight excluding hydrogens is 326 g/mol. The van der Waals surface area contributed by atoms with Crippen molar-refractivity contribution in [1.29, 1.82) is 0 Å². The molecular formula is C15H13BrClNO. The maximum Gasteiger partial charge on any atom is 0.255 e. The predicted octanol–water partition coefficient (Wildman–Crippen LogP) is 4.97. The van der Waals surface area contributed by atoms with Crippen molar-refractivity contribution in [3.63, 3.8) is 0 Å². The molecule has 0 bridgehead atoms. The number of nitrogens with one attached hydrogen (secondary N) is 1. The van der Waals surface area contributed by atoms with Crippen molar-refractivity contribution in [3.05, 3.63) is 62.6 Å². The maximum atomic E-state index is 12.2. The lowest BCUT2D eigenvalue weighted by Gasteiger charge is -2.09. The van der Waals surface area contributed by atoms with E-state index in [1.54, 1.807) is 18.2 Å². The van der Waals surface area contributed by atoms with Gasteiger partial charge >= 0.3 is 0 Å². The van der Waals surface area contributed by atoms with Crippen molar-refractivity contribution in [1.82, 2.24) is 0 Å². The highest BCUT2D eigenvalue weighted by Gasteiger charge is 2.10. The van der Waals surface area contributed by atoms with E-state index in [-0.39, 0.29) is 5.91 Å². The molecule has 2 aromatic rings. The molecule has 0 heterocycles. The van der Waals surface area contributed by atoms with Gasteiger partial charge in [0.1, 0.15) is 0 Å². The van der Waals surface area contributed by atoms with Crippen molar-refractivity contribution >= 4 is 39.1 Å². The molecule has 4 heteroatoms. The molecule has 0 atom stereocenters. The maximum absolute atomic E-state index is 12.2. The number of benzene rings is 2. The smallest absolute Gasteiger partial charge is 0.255 e. The van der Waals surface area contributed by atoms with Crippen LogP contribution in [0.1, 0.15) is 21.5 Å². The Balaban J connectivity index is 2.25. The van der Waals surface area contributed by atoms with Gasteiger partial charge in [-0.1, -0.05) is 29.3 Å². The first-order chi connectivity index (χ1) is 8.97. The fraction of sp³-hybridized carbons (Fsp3) is 0.133. The van der Waals surface area contributed by atoms with E-state index in [1.165, 1.54) is 0 Å². The second-order valence-electron chi connectivity index (χ2n) is 4.40. The molecule has 0 fully saturated rings. The molecule has 0 saturated heterocycles. The summed E-state index contributed by atoms with van der Waals surface area (Å²) in [5.41, 5.74) is 3.37. The third kappa shape index (κ3) is 3.37. The van der Waals surface area contributed by atoms with Gasteiger partial charge < -0.3 is 5.32 Å². The Hall–Kier alpha value is -1.32. The van der Waals surface area contributed by atoms with E-state index in [0.29, 0.717) is 16.3 Å². The zero-order valence-corrected chi connectivity index (χ0v) is 13.0. The normalized spacial score (nSPS) is 10.3. The van der Waals surface area contributed by atoms with Gasteiger partial charge in [-0.25, -0.2) is 0 Å². The van der Waals surface area contributed by atoms with Crippen LogP contribution in [-0.4, -0.2) is 5.91 Å². The molecule has 98 valence electrons. The van der Waals surface area contributed by atoms with E-state index in [1.807, 2.05) is 32.0 Å². The lowest BCUT2D eigenvalue weighted by Crippen LogP contribution is -2.13. The zero-order chi connectivity index (χ0) is 14.0. The van der Waals surface area contributed by atoms with Crippen LogP contribution in [0.4, 0.5) is 5.69 Å². The first kappa shape index (κ1) is 14.1. The van der Waals surface area contributed by atoms with Crippen LogP contribution >= 0.6 is 27.5 Å². The summed E-state index contributed by atoms with van der Waals surface area (Å²) in [4.78, 5) is 12.2. The average molecular weight is 339 g/mol. The summed E-state index contributed by atoms with van der Waals surface area (Å²) in [6.45, 7) is 3.88. The van der Waals surface area contributed by atoms with Gasteiger partial charge in [0.15, 0.2) is 0 Å². The molecule has 1 N–H and O–H groups in total. The van der Waals surface area contributed by atoms with Gasteiger partial charge in [0.05, 0.1) is 5.02 Å². The van der Waals surface area contributed by atoms with Crippen molar-refractivity contribution in [2.75, 3.05) is 5.32 Å². The second-order valence-corrected chi connectivity index (χ2v) is 5.66. The molecule has 0 aliphatic carbocycles. The third-order valence-electron chi connectivity index (χ3n) is 2.82. The van der Waals surface area contributed by atoms with Crippen LogP contribution in [0.25, 0.3) is 0 Å². The van der Waals surface area contributed by atoms with Gasteiger partial charge in [-0.05, 0) is 59.6 Å². The summed E-state index contributed by atoms with van der Waals surface area (Å²) in [6, 6.07) is 11.1. The first-order valence-electron chi connectivity index (χ1n) is 5.81. The van der Waals surface area contributed by atoms with E-state index in [2.05, 4.69) is 21.2 Å². The zero-order valence-electron chi connectivity index (χ0n) is 10.6. The highest BCUT2D eigenvalue weighted by Crippen LogP contribution is 2.26. The topological polar surface area (TPSA) is 29.1 Å². The molecule has 2 rings (SSSR count). The van der Waals surface area contributed by atoms with Gasteiger partial charge in [-0.3, -0.25) is 4.79 Å². The number of amides is 1. The molecule has 0 spiro atoms. The van der Waals surface area contributed by atoms with Crippen LogP contribution in [0.2, 0.25) is 5.02 Å². The molecule has 2 nitrogen and oxygen atoms in total. The quantitative estimate of drug-likeness (QED) is 0.823. The number of halogens is 2. The van der Waals surface area contributed by atoms with E-state index in [9.17, 15) is 4.79 Å². The van der Waals surface area contributed by atoms with Crippen LogP contribution in [-0.2, 0) is 0 Å². The second kappa shape index (κ2) is 5.76. The van der Waals surface area contributed by atoms with Crippen LogP contribution in [0.15, 0.2) is 40.9 Å². The summed E-state index contributed by atoms with van der Waals surface area (Å²) < 4.78 is 0.805. The molecule has 0 aliphatic heterocycles. The summed E-state index contributed by atoms with van der Waals surface area (Å²) in [6.07, 6.45) is 0. The summed E-state index contributed by atoms with van der Waals surface area (Å²) in [5, 5.41) is 3.42. The minimum atomic E-state index is -0.125. The number of rotatable bonds is 2. The third-order valence-corrected chi connectivity index (χ3v) is 4.05. The fourth-order valence-corrected chi connectivity index (χ4v) is 2.18. The molecule has 19 heavy (non-hydrogen) atoms. The van der Waals surface area contributed by atoms with Crippen LogP contribution in [0, 0.1) is 13.8 Å². The molecule has 0 aliphatic rings. The summed E-state index contributed by atoms with van der Waals surface area (Å²) in [5.74, 6) is -0.125. The molecule has 0 radical (unpaired) electrons. The number of carbonyl (C=O) groups excluding carboxylic acids is 1. The van der Waals surface area contributed by atoms with Crippen molar-refractivity contribution in [3.8, 4) is 0 Å². The molecule has 0 aromatic heterocycles. The molecule has 0 saturated carbocycles. The number of carbonyl (C=O) groups is 1. The molecule has 1 amide bonds. The SMILES string of the molecule is Cc1ccc(C)c(C(=O)Nc2ccc(Br)c(Cl)c2)c1. The first-order valence-corrected chi connectivity index (χ1v) is 6.98. The number of hydrogen-bond acceptors (Lipinski definition) is 1. The number of anilines is 1. The largest absolute Gasteiger partial charge is 0.322 e. The minimum absolute atomic E-state index is 0.125. The molecule has 2 aromatic carbocycles. The van der Waals surface area contributed by atoms with E-state index < -0.39 is 0 Å². The van der Waals surface area contributed by atoms with Crippen molar-refractivity contribution in [2.45, 2.75) is 13.8 Å². The Morgan fingerprint density at radius 2 is 1.89 bits per heavy atom. The van der Waals surface area contributed by atoms with Gasteiger partial charge in [-0.15, -0.1) is 0 Å². The average Bonchev–Trinajstić information content (AvgIpc) is 2.36. The predicted molar refractivity (Wildman–Crippen MR) is 83.0 cm³/mol. The van der Waals surface area contributed by atoms with E-state index in [4.69, 9.17) is 11.6 Å². The standard InChI is InChI=1S/C15H13BrClNO/c1-9-3-4-10(2)12(7-9)15(19)18-11-5-6-13(16)14(17)8-11/h3-8H,1-2H3,(H,18,19). The summed E-state index contributed by atoms with van der Waals surface area (Å²) >= 11 is 9.32. The fourth-order valence-electron chi connectivity index (χ4n) is 1.75. The van der Waals surface area contributed by atoms with Crippen molar-refractivity contribution < 1.29 is 4.79 Å². The Bertz CT molecular complexity index is 640. The number of hydrogen-bond donors (Lipinski definition) is 1. The summed E-state index contributed by atoms with van der Waals surface area (Å²) in [7, 11) is 0. The van der Waals surface area contributed by atoms with Crippen LogP contribution in [0.5, 0.6) is 0 Å². The Kier molecular flexibility index (Phi) is 4.27. The van der Waals surface area contributed by atoms with Gasteiger partial charge in [0.2, 0.25) is 0 Å². The van der Waals surface area contributed by atoms with Crippen molar-refractivity contribution in [2.24, 2.45) is 0 Å². The van der Waals surface area contributed by atoms with Crippen LogP contribution < -0.4 is 5.32 Å². The van der Waals surface area contributed by atoms with Gasteiger partial charge in [0.25, 0.3) is 5.91 Å². The lowest BCUT2D eigenvalue weighted by molar-refractivity contribution is 0.102. The Morgan fingerprint density at radius 3 is 2.58 bits per heavy atom. The molecule has 0 unspecified atom stereocenters. The van der Waals surface area contributed by atoms with E-state index >= 15 is 0 Å². The van der Waals surface area contributed by atoms with Gasteiger partial charge in [-0.2, -0.15) is 0 Å². The van der Waals surface area contributed by atoms with Gasteiger partial charge in [0, 0.05) is 15.7 Å². The highest BCUT2D eigenvalue weighted by atomic mass is 79.9. The minimum Gasteiger partial charge on any atom is -0.322 e. The monoisotopic (exact) mass is 337 g/mol. The Morgan fingerprint density at radius 1 is 1.16 bits per heavy atom. The van der Waals surface area contributed by atoms with E-state index in [0.717, 1.165) is 15.6 Å². The Labute approximate surface area is 125 Å². The highest BCUT2D eigenvalue weighted by molar-refractivity contribution is 9.10. The van der Waals surface area contributed by atoms with Crippen LogP contribution in [0.3, 0.4) is 0 Å².